The largest absolute Gasteiger partial charge is 0.394 e. The zero-order chi connectivity index (χ0) is 16.9. The summed E-state index contributed by atoms with van der Waals surface area (Å²) in [6, 6.07) is 0. The predicted molar refractivity (Wildman–Crippen MR) is 79.2 cm³/mol. The number of aromatic nitrogens is 3. The van der Waals surface area contributed by atoms with Crippen LogP contribution >= 0.6 is 15.9 Å². The van der Waals surface area contributed by atoms with Crippen molar-refractivity contribution in [3.63, 3.8) is 0 Å². The predicted octanol–water partition coefficient (Wildman–Crippen LogP) is -1.68. The maximum atomic E-state index is 11.6. The number of hydrogen-bond donors (Lipinski definition) is 6. The average Bonchev–Trinajstić information content (AvgIpc) is 2.99. The summed E-state index contributed by atoms with van der Waals surface area (Å²) in [5.41, 5.74) is 5.46. The van der Waals surface area contributed by atoms with Crippen LogP contribution in [-0.2, 0) is 4.74 Å². The Hall–Kier alpha value is -1.79. The van der Waals surface area contributed by atoms with Crippen LogP contribution in [0.1, 0.15) is 16.6 Å². The molecule has 0 bridgehead atoms. The Kier molecular flexibility index (Phi) is 3.98. The van der Waals surface area contributed by atoms with Crippen molar-refractivity contribution < 1.29 is 24.9 Å². The number of H-pyrrole nitrogens is 1. The van der Waals surface area contributed by atoms with Crippen molar-refractivity contribution >= 4 is 32.9 Å². The van der Waals surface area contributed by atoms with Gasteiger partial charge in [-0.2, -0.15) is 0 Å². The molecule has 124 valence electrons. The third-order valence-electron chi connectivity index (χ3n) is 3.78. The molecule has 0 radical (unpaired) electrons. The van der Waals surface area contributed by atoms with Crippen LogP contribution in [-0.4, -0.2) is 60.7 Å². The van der Waals surface area contributed by atoms with E-state index >= 15 is 0 Å². The van der Waals surface area contributed by atoms with Crippen LogP contribution < -0.4 is 11.2 Å². The molecule has 0 aliphatic carbocycles. The van der Waals surface area contributed by atoms with Crippen molar-refractivity contribution in [2.75, 3.05) is 6.61 Å². The first-order valence-electron chi connectivity index (χ1n) is 6.62. The first kappa shape index (κ1) is 16.1. The zero-order valence-electron chi connectivity index (χ0n) is 11.6. The van der Waals surface area contributed by atoms with Crippen LogP contribution in [0.15, 0.2) is 10.9 Å². The van der Waals surface area contributed by atoms with E-state index in [1.807, 2.05) is 0 Å². The number of halogens is 1. The van der Waals surface area contributed by atoms with E-state index in [0.717, 1.165) is 0 Å². The number of amides is 1. The number of hydrogen-bond acceptors (Lipinski definition) is 7. The minimum Gasteiger partial charge on any atom is -0.394 e. The lowest BCUT2D eigenvalue weighted by molar-refractivity contribution is -0.0515. The van der Waals surface area contributed by atoms with E-state index in [1.54, 1.807) is 0 Å². The van der Waals surface area contributed by atoms with Gasteiger partial charge in [0.1, 0.15) is 30.3 Å². The Labute approximate surface area is 137 Å². The summed E-state index contributed by atoms with van der Waals surface area (Å²) in [5.74, 6) is -0.752. The van der Waals surface area contributed by atoms with Crippen molar-refractivity contribution in [3.8, 4) is 0 Å². The number of fused-ring (bicyclic) bond motifs is 1. The number of carbonyl (C=O) groups is 1. The van der Waals surface area contributed by atoms with Crippen LogP contribution in [0, 0.1) is 5.41 Å². The Morgan fingerprint density at radius 1 is 1.52 bits per heavy atom. The summed E-state index contributed by atoms with van der Waals surface area (Å²) < 4.78 is 7.05. The van der Waals surface area contributed by atoms with E-state index < -0.39 is 37.1 Å². The Morgan fingerprint density at radius 3 is 2.78 bits per heavy atom. The van der Waals surface area contributed by atoms with Gasteiger partial charge in [0.25, 0.3) is 5.91 Å². The number of nitrogens with zero attached hydrogens (tertiary/aromatic N) is 2. The fraction of sp³-hybridized carbons (Fsp3) is 0.417. The number of nitrogens with two attached hydrogens (primary N) is 1. The molecule has 4 unspecified atom stereocenters. The van der Waals surface area contributed by atoms with E-state index in [9.17, 15) is 15.0 Å². The summed E-state index contributed by atoms with van der Waals surface area (Å²) in [6.07, 6.45) is -3.38. The molecule has 0 saturated carbocycles. The number of aliphatic hydroxyl groups is 3. The standard InChI is InChI=1S/C12H14BrN5O5/c13-8-4(10(15)22)5-9(14)16-2-18(11(5)17-8)12-7(21)6(20)3(1-19)23-12/h2-3,6-7,12,14,17,19-21H,1H2,(H2,15,22). The van der Waals surface area contributed by atoms with Gasteiger partial charge in [-0.3, -0.25) is 14.8 Å². The maximum Gasteiger partial charge on any atom is 0.252 e. The maximum absolute atomic E-state index is 11.6. The molecule has 11 heteroatoms. The highest BCUT2D eigenvalue weighted by molar-refractivity contribution is 9.10. The average molecular weight is 388 g/mol. The van der Waals surface area contributed by atoms with Crippen molar-refractivity contribution in [3.05, 3.63) is 22.0 Å². The Bertz CT molecular complexity index is 833. The molecule has 1 amide bonds. The molecule has 10 nitrogen and oxygen atoms in total. The van der Waals surface area contributed by atoms with Gasteiger partial charge in [0.2, 0.25) is 0 Å². The number of aromatic amines is 1. The molecule has 1 aliphatic rings. The SMILES string of the molecule is N=c1ncn(C2OC(CO)C(O)C2O)c2[nH]c(Br)c(C(N)=O)c12. The summed E-state index contributed by atoms with van der Waals surface area (Å²) in [5, 5.41) is 37.2. The molecule has 2 aromatic heterocycles. The molecule has 7 N–H and O–H groups in total. The van der Waals surface area contributed by atoms with E-state index in [2.05, 4.69) is 25.9 Å². The fourth-order valence-electron chi connectivity index (χ4n) is 2.66. The minimum absolute atomic E-state index is 0.0543. The number of rotatable bonds is 3. The van der Waals surface area contributed by atoms with Crippen molar-refractivity contribution in [1.82, 2.24) is 14.5 Å². The van der Waals surface area contributed by atoms with E-state index in [1.165, 1.54) is 10.9 Å². The number of nitrogens with one attached hydrogen (secondary N) is 2. The second kappa shape index (κ2) is 5.69. The second-order valence-electron chi connectivity index (χ2n) is 5.13. The van der Waals surface area contributed by atoms with Crippen LogP contribution in [0.3, 0.4) is 0 Å². The van der Waals surface area contributed by atoms with Gasteiger partial charge in [-0.1, -0.05) is 0 Å². The molecule has 1 fully saturated rings. The lowest BCUT2D eigenvalue weighted by Crippen LogP contribution is -2.33. The smallest absolute Gasteiger partial charge is 0.252 e. The van der Waals surface area contributed by atoms with Gasteiger partial charge in [0.05, 0.1) is 22.2 Å². The van der Waals surface area contributed by atoms with E-state index in [0.29, 0.717) is 0 Å². The highest BCUT2D eigenvalue weighted by Crippen LogP contribution is 2.32. The Morgan fingerprint density at radius 2 is 2.22 bits per heavy atom. The topological polar surface area (TPSA) is 170 Å². The molecule has 0 aromatic carbocycles. The molecule has 1 saturated heterocycles. The summed E-state index contributed by atoms with van der Waals surface area (Å²) in [7, 11) is 0. The normalized spacial score (nSPS) is 27.7. The third kappa shape index (κ3) is 2.37. The minimum atomic E-state index is -1.32. The highest BCUT2D eigenvalue weighted by Gasteiger charge is 2.43. The van der Waals surface area contributed by atoms with E-state index in [-0.39, 0.29) is 26.7 Å². The highest BCUT2D eigenvalue weighted by atomic mass is 79.9. The van der Waals surface area contributed by atoms with E-state index in [4.69, 9.17) is 21.0 Å². The van der Waals surface area contributed by atoms with Gasteiger partial charge in [-0.05, 0) is 15.9 Å². The molecule has 1 aliphatic heterocycles. The first-order chi connectivity index (χ1) is 10.9. The number of ether oxygens (including phenoxy) is 1. The number of primary amides is 1. The Balaban J connectivity index is 2.21. The van der Waals surface area contributed by atoms with Crippen LogP contribution in [0.25, 0.3) is 11.0 Å². The van der Waals surface area contributed by atoms with Gasteiger partial charge >= 0.3 is 0 Å². The number of carbonyl (C=O) groups excluding carboxylic acids is 1. The molecule has 23 heavy (non-hydrogen) atoms. The van der Waals surface area contributed by atoms with Crippen molar-refractivity contribution in [2.45, 2.75) is 24.5 Å². The quantitative estimate of drug-likeness (QED) is 0.367. The molecule has 3 heterocycles. The lowest BCUT2D eigenvalue weighted by atomic mass is 10.1. The molecule has 3 rings (SSSR count). The lowest BCUT2D eigenvalue weighted by Gasteiger charge is -2.19. The van der Waals surface area contributed by atoms with Gasteiger partial charge in [0, 0.05) is 0 Å². The van der Waals surface area contributed by atoms with Crippen LogP contribution in [0.4, 0.5) is 0 Å². The first-order valence-corrected chi connectivity index (χ1v) is 7.41. The summed E-state index contributed by atoms with van der Waals surface area (Å²) in [4.78, 5) is 18.3. The van der Waals surface area contributed by atoms with Crippen LogP contribution in [0.5, 0.6) is 0 Å². The molecule has 4 atom stereocenters. The third-order valence-corrected chi connectivity index (χ3v) is 4.37. The molecular formula is C12H14BrN5O5. The molecular weight excluding hydrogens is 374 g/mol. The zero-order valence-corrected chi connectivity index (χ0v) is 13.2. The summed E-state index contributed by atoms with van der Waals surface area (Å²) >= 11 is 3.17. The molecule has 2 aromatic rings. The van der Waals surface area contributed by atoms with Crippen molar-refractivity contribution in [1.29, 1.82) is 5.41 Å². The second-order valence-corrected chi connectivity index (χ2v) is 5.92. The van der Waals surface area contributed by atoms with Crippen LogP contribution in [0.2, 0.25) is 0 Å². The van der Waals surface area contributed by atoms with Gasteiger partial charge in [0.15, 0.2) is 11.7 Å². The molecule has 0 spiro atoms. The van der Waals surface area contributed by atoms with Crippen molar-refractivity contribution in [2.24, 2.45) is 5.73 Å². The van der Waals surface area contributed by atoms with Gasteiger partial charge in [-0.25, -0.2) is 4.98 Å². The van der Waals surface area contributed by atoms with Gasteiger partial charge < -0.3 is 30.8 Å². The number of aliphatic hydroxyl groups excluding tert-OH is 3. The summed E-state index contributed by atoms with van der Waals surface area (Å²) in [6.45, 7) is -0.469. The monoisotopic (exact) mass is 387 g/mol. The fourth-order valence-corrected chi connectivity index (χ4v) is 3.24. The van der Waals surface area contributed by atoms with Gasteiger partial charge in [-0.15, -0.1) is 0 Å².